The van der Waals surface area contributed by atoms with Gasteiger partial charge in [0, 0.05) is 32.0 Å². The minimum Gasteiger partial charge on any atom is -0.503 e. The third-order valence-corrected chi connectivity index (χ3v) is 3.79. The zero-order chi connectivity index (χ0) is 15.4. The highest BCUT2D eigenvalue weighted by Crippen LogP contribution is 2.35. The summed E-state index contributed by atoms with van der Waals surface area (Å²) in [4.78, 5) is 2.06. The Kier molecular flexibility index (Phi) is 4.96. The summed E-state index contributed by atoms with van der Waals surface area (Å²) in [5, 5.41) is 13.1. The molecule has 0 aliphatic heterocycles. The summed E-state index contributed by atoms with van der Waals surface area (Å²) in [6, 6.07) is 11.9. The first-order valence-corrected chi connectivity index (χ1v) is 7.37. The minimum atomic E-state index is 0.122. The van der Waals surface area contributed by atoms with Crippen molar-refractivity contribution in [2.24, 2.45) is 0 Å². The Labute approximate surface area is 133 Å². The van der Waals surface area contributed by atoms with E-state index < -0.39 is 0 Å². The number of ether oxygens (including phenoxy) is 1. The number of anilines is 2. The number of benzene rings is 2. The predicted molar refractivity (Wildman–Crippen MR) is 90.5 cm³/mol. The van der Waals surface area contributed by atoms with E-state index in [0.717, 1.165) is 16.9 Å². The first-order valence-electron chi connectivity index (χ1n) is 6.58. The fraction of sp³-hybridized carbons (Fsp3) is 0.250. The quantitative estimate of drug-likeness (QED) is 0.859. The summed E-state index contributed by atoms with van der Waals surface area (Å²) < 4.78 is 5.77. The largest absolute Gasteiger partial charge is 0.503 e. The van der Waals surface area contributed by atoms with Gasteiger partial charge in [-0.05, 0) is 57.9 Å². The summed E-state index contributed by atoms with van der Waals surface area (Å²) in [5.74, 6) is 0.584. The molecule has 0 spiro atoms. The maximum absolute atomic E-state index is 9.79. The van der Waals surface area contributed by atoms with E-state index in [1.54, 1.807) is 7.11 Å². The predicted octanol–water partition coefficient (Wildman–Crippen LogP) is 3.84. The van der Waals surface area contributed by atoms with Gasteiger partial charge in [0.15, 0.2) is 11.5 Å². The Bertz CT molecular complexity index is 612. The van der Waals surface area contributed by atoms with E-state index in [4.69, 9.17) is 4.74 Å². The van der Waals surface area contributed by atoms with Crippen molar-refractivity contribution in [1.82, 2.24) is 0 Å². The molecule has 0 bridgehead atoms. The van der Waals surface area contributed by atoms with Gasteiger partial charge in [-0.2, -0.15) is 0 Å². The van der Waals surface area contributed by atoms with Gasteiger partial charge >= 0.3 is 0 Å². The summed E-state index contributed by atoms with van der Waals surface area (Å²) in [5.41, 5.74) is 3.23. The molecule has 2 N–H and O–H groups in total. The lowest BCUT2D eigenvalue weighted by atomic mass is 10.2. The average Bonchev–Trinajstić information content (AvgIpc) is 2.48. The van der Waals surface area contributed by atoms with E-state index >= 15 is 0 Å². The third kappa shape index (κ3) is 3.82. The number of halogens is 1. The van der Waals surface area contributed by atoms with Crippen molar-refractivity contribution in [3.63, 3.8) is 0 Å². The van der Waals surface area contributed by atoms with Crippen molar-refractivity contribution in [1.29, 1.82) is 0 Å². The molecule has 0 radical (unpaired) electrons. The highest BCUT2D eigenvalue weighted by Gasteiger charge is 2.08. The second-order valence-corrected chi connectivity index (χ2v) is 5.78. The third-order valence-electron chi connectivity index (χ3n) is 3.19. The molecule has 0 aromatic heterocycles. The molecule has 0 aliphatic rings. The van der Waals surface area contributed by atoms with Crippen molar-refractivity contribution in [3.8, 4) is 11.5 Å². The van der Waals surface area contributed by atoms with Crippen LogP contribution in [0.2, 0.25) is 0 Å². The second-order valence-electron chi connectivity index (χ2n) is 4.92. The number of hydrogen-bond donors (Lipinski definition) is 2. The van der Waals surface area contributed by atoms with Crippen molar-refractivity contribution < 1.29 is 9.84 Å². The molecule has 0 heterocycles. The fourth-order valence-electron chi connectivity index (χ4n) is 1.97. The Morgan fingerprint density at radius 3 is 2.43 bits per heavy atom. The van der Waals surface area contributed by atoms with Gasteiger partial charge in [-0.1, -0.05) is 0 Å². The molecule has 0 aliphatic carbocycles. The molecular formula is C16H19BrN2O2. The van der Waals surface area contributed by atoms with Crippen LogP contribution in [0.25, 0.3) is 0 Å². The molecule has 0 fully saturated rings. The standard InChI is InChI=1S/C16H19BrN2O2/c1-19(2)13-6-4-12(5-7-13)18-10-11-8-14(17)16(20)15(9-11)21-3/h4-9,18,20H,10H2,1-3H3. The number of nitrogens with one attached hydrogen (secondary N) is 1. The van der Waals surface area contributed by atoms with E-state index in [1.807, 2.05) is 38.4 Å². The van der Waals surface area contributed by atoms with E-state index in [0.29, 0.717) is 16.8 Å². The molecule has 0 saturated heterocycles. The number of nitrogens with zero attached hydrogens (tertiary/aromatic N) is 1. The molecule has 0 amide bonds. The van der Waals surface area contributed by atoms with Gasteiger partial charge in [0.1, 0.15) is 0 Å². The van der Waals surface area contributed by atoms with Crippen LogP contribution in [-0.4, -0.2) is 26.3 Å². The van der Waals surface area contributed by atoms with Crippen LogP contribution in [0.3, 0.4) is 0 Å². The molecule has 112 valence electrons. The number of rotatable bonds is 5. The van der Waals surface area contributed by atoms with Crippen LogP contribution >= 0.6 is 15.9 Å². The van der Waals surface area contributed by atoms with Gasteiger partial charge in [-0.15, -0.1) is 0 Å². The first-order chi connectivity index (χ1) is 10.0. The zero-order valence-corrected chi connectivity index (χ0v) is 13.9. The minimum absolute atomic E-state index is 0.122. The zero-order valence-electron chi connectivity index (χ0n) is 12.4. The second kappa shape index (κ2) is 6.72. The van der Waals surface area contributed by atoms with Crippen molar-refractivity contribution in [2.45, 2.75) is 6.54 Å². The Balaban J connectivity index is 2.07. The highest BCUT2D eigenvalue weighted by atomic mass is 79.9. The van der Waals surface area contributed by atoms with E-state index in [9.17, 15) is 5.11 Å². The topological polar surface area (TPSA) is 44.7 Å². The van der Waals surface area contributed by atoms with Gasteiger partial charge < -0.3 is 20.1 Å². The number of methoxy groups -OCH3 is 1. The number of aromatic hydroxyl groups is 1. The van der Waals surface area contributed by atoms with Crippen LogP contribution in [0, 0.1) is 0 Å². The van der Waals surface area contributed by atoms with Crippen LogP contribution < -0.4 is 15.0 Å². The molecule has 0 atom stereocenters. The molecule has 0 unspecified atom stereocenters. The van der Waals surface area contributed by atoms with Crippen molar-refractivity contribution >= 4 is 27.3 Å². The maximum atomic E-state index is 9.79. The maximum Gasteiger partial charge on any atom is 0.172 e. The van der Waals surface area contributed by atoms with E-state index in [1.165, 1.54) is 0 Å². The smallest absolute Gasteiger partial charge is 0.172 e. The molecule has 2 aromatic rings. The van der Waals surface area contributed by atoms with Crippen LogP contribution in [0.5, 0.6) is 11.5 Å². The summed E-state index contributed by atoms with van der Waals surface area (Å²) in [7, 11) is 5.57. The lowest BCUT2D eigenvalue weighted by Crippen LogP contribution is -2.08. The lowest BCUT2D eigenvalue weighted by Gasteiger charge is -2.14. The Morgan fingerprint density at radius 2 is 1.86 bits per heavy atom. The molecule has 21 heavy (non-hydrogen) atoms. The number of phenolic OH excluding ortho intramolecular Hbond substituents is 1. The Hall–Kier alpha value is -1.88. The monoisotopic (exact) mass is 350 g/mol. The van der Waals surface area contributed by atoms with Crippen LogP contribution in [0.15, 0.2) is 40.9 Å². The number of phenols is 1. The van der Waals surface area contributed by atoms with Gasteiger partial charge in [0.05, 0.1) is 11.6 Å². The van der Waals surface area contributed by atoms with Crippen LogP contribution in [0.4, 0.5) is 11.4 Å². The van der Waals surface area contributed by atoms with Crippen LogP contribution in [-0.2, 0) is 6.54 Å². The van der Waals surface area contributed by atoms with Crippen molar-refractivity contribution in [3.05, 3.63) is 46.4 Å². The molecule has 2 rings (SSSR count). The molecule has 0 saturated carbocycles. The van der Waals surface area contributed by atoms with Gasteiger partial charge in [-0.25, -0.2) is 0 Å². The summed E-state index contributed by atoms with van der Waals surface area (Å²) in [6.07, 6.45) is 0. The van der Waals surface area contributed by atoms with E-state index in [-0.39, 0.29) is 5.75 Å². The number of hydrogen-bond acceptors (Lipinski definition) is 4. The summed E-state index contributed by atoms with van der Waals surface area (Å²) >= 11 is 3.33. The lowest BCUT2D eigenvalue weighted by molar-refractivity contribution is 0.371. The SMILES string of the molecule is COc1cc(CNc2ccc(N(C)C)cc2)cc(Br)c1O. The summed E-state index contributed by atoms with van der Waals surface area (Å²) in [6.45, 7) is 0.649. The molecule has 4 nitrogen and oxygen atoms in total. The van der Waals surface area contributed by atoms with Gasteiger partial charge in [-0.3, -0.25) is 0 Å². The fourth-order valence-corrected chi connectivity index (χ4v) is 2.46. The van der Waals surface area contributed by atoms with Gasteiger partial charge in [0.2, 0.25) is 0 Å². The van der Waals surface area contributed by atoms with Gasteiger partial charge in [0.25, 0.3) is 0 Å². The first kappa shape index (κ1) is 15.5. The van der Waals surface area contributed by atoms with E-state index in [2.05, 4.69) is 38.3 Å². The normalized spacial score (nSPS) is 10.3. The van der Waals surface area contributed by atoms with Crippen molar-refractivity contribution in [2.75, 3.05) is 31.4 Å². The Morgan fingerprint density at radius 1 is 1.19 bits per heavy atom. The highest BCUT2D eigenvalue weighted by molar-refractivity contribution is 9.10. The molecule has 5 heteroatoms. The van der Waals surface area contributed by atoms with Crippen LogP contribution in [0.1, 0.15) is 5.56 Å². The molecule has 2 aromatic carbocycles. The average molecular weight is 351 g/mol. The molecular weight excluding hydrogens is 332 g/mol.